The fourth-order valence-electron chi connectivity index (χ4n) is 5.94. The van der Waals surface area contributed by atoms with Crippen molar-refractivity contribution < 1.29 is 45.4 Å². The number of carbonyl (C=O) groups excluding carboxylic acids is 2. The summed E-state index contributed by atoms with van der Waals surface area (Å²) < 4.78 is 93.2. The maximum absolute atomic E-state index is 13.8. The molecule has 0 heterocycles. The summed E-state index contributed by atoms with van der Waals surface area (Å²) in [7, 11) is 0. The van der Waals surface area contributed by atoms with Crippen LogP contribution in [0.5, 0.6) is 11.5 Å². The van der Waals surface area contributed by atoms with E-state index in [9.17, 15) is 35.9 Å². The van der Waals surface area contributed by atoms with Gasteiger partial charge in [0.15, 0.2) is 34.9 Å². The molecule has 10 heteroatoms. The van der Waals surface area contributed by atoms with Crippen LogP contribution in [-0.2, 0) is 18.3 Å². The standard InChI is InChI=1S/C31H18F6O4/c32-19-11-17(12-20(33)27(19)36)29(38)40-23-5-1-3-15-7-9-31(25(15)23)10-8-16-4-2-6-24(26(16)31)41-30(39)18-13-21(34)28(37)22(35)14-18/h1-6,11-14H,7-10H2. The molecule has 0 aromatic heterocycles. The van der Waals surface area contributed by atoms with Crippen LogP contribution in [0.15, 0.2) is 60.7 Å². The Morgan fingerprint density at radius 1 is 0.585 bits per heavy atom. The van der Waals surface area contributed by atoms with Gasteiger partial charge in [-0.1, -0.05) is 24.3 Å². The van der Waals surface area contributed by atoms with Crippen LogP contribution in [0.2, 0.25) is 0 Å². The number of halogens is 6. The van der Waals surface area contributed by atoms with Gasteiger partial charge >= 0.3 is 11.9 Å². The van der Waals surface area contributed by atoms with E-state index in [-0.39, 0.29) is 11.5 Å². The minimum absolute atomic E-state index is 0.117. The van der Waals surface area contributed by atoms with Crippen LogP contribution in [0, 0.1) is 34.9 Å². The second-order valence-electron chi connectivity index (χ2n) is 9.95. The predicted octanol–water partition coefficient (Wildman–Crippen LogP) is 7.14. The van der Waals surface area contributed by atoms with E-state index in [2.05, 4.69) is 0 Å². The monoisotopic (exact) mass is 568 g/mol. The Bertz CT molecular complexity index is 1590. The van der Waals surface area contributed by atoms with Crippen molar-refractivity contribution in [3.63, 3.8) is 0 Å². The molecule has 0 aliphatic heterocycles. The molecule has 2 aliphatic carbocycles. The lowest BCUT2D eigenvalue weighted by molar-refractivity contribution is 0.0724. The third kappa shape index (κ3) is 4.34. The lowest BCUT2D eigenvalue weighted by Gasteiger charge is -2.29. The third-order valence-electron chi connectivity index (χ3n) is 7.67. The highest BCUT2D eigenvalue weighted by Crippen LogP contribution is 2.57. The van der Waals surface area contributed by atoms with Crippen molar-refractivity contribution in [3.05, 3.63) is 129 Å². The Balaban J connectivity index is 1.39. The summed E-state index contributed by atoms with van der Waals surface area (Å²) in [5, 5.41) is 0. The fourth-order valence-corrected chi connectivity index (χ4v) is 5.94. The van der Waals surface area contributed by atoms with Gasteiger partial charge in [-0.2, -0.15) is 0 Å². The molecule has 0 saturated carbocycles. The van der Waals surface area contributed by atoms with Gasteiger partial charge in [-0.15, -0.1) is 0 Å². The summed E-state index contributed by atoms with van der Waals surface area (Å²) in [5.41, 5.74) is 1.08. The molecule has 0 saturated heterocycles. The Labute approximate surface area is 229 Å². The number of fused-ring (bicyclic) bond motifs is 4. The molecule has 41 heavy (non-hydrogen) atoms. The van der Waals surface area contributed by atoms with Gasteiger partial charge in [-0.25, -0.2) is 35.9 Å². The van der Waals surface area contributed by atoms with E-state index in [1.807, 2.05) is 12.1 Å². The second-order valence-corrected chi connectivity index (χ2v) is 9.95. The first kappa shape index (κ1) is 26.6. The van der Waals surface area contributed by atoms with Crippen LogP contribution in [0.1, 0.15) is 55.8 Å². The first-order valence-corrected chi connectivity index (χ1v) is 12.6. The van der Waals surface area contributed by atoms with Crippen LogP contribution in [0.4, 0.5) is 26.3 Å². The van der Waals surface area contributed by atoms with E-state index >= 15 is 0 Å². The molecule has 0 bridgehead atoms. The van der Waals surface area contributed by atoms with Gasteiger partial charge in [-0.05, 0) is 73.2 Å². The minimum atomic E-state index is -1.71. The summed E-state index contributed by atoms with van der Waals surface area (Å²) in [6.07, 6.45) is 2.21. The average Bonchev–Trinajstić information content (AvgIpc) is 3.52. The highest BCUT2D eigenvalue weighted by molar-refractivity contribution is 5.92. The molecular formula is C31H18F6O4. The molecule has 0 N–H and O–H groups in total. The van der Waals surface area contributed by atoms with Crippen LogP contribution in [0.3, 0.4) is 0 Å². The molecule has 0 atom stereocenters. The zero-order valence-corrected chi connectivity index (χ0v) is 21.0. The van der Waals surface area contributed by atoms with E-state index in [1.165, 1.54) is 12.1 Å². The van der Waals surface area contributed by atoms with Crippen molar-refractivity contribution in [1.29, 1.82) is 0 Å². The average molecular weight is 568 g/mol. The number of benzene rings is 4. The van der Waals surface area contributed by atoms with Crippen LogP contribution < -0.4 is 9.47 Å². The molecule has 0 unspecified atom stereocenters. The molecule has 4 nitrogen and oxygen atoms in total. The zero-order valence-electron chi connectivity index (χ0n) is 21.0. The maximum atomic E-state index is 13.8. The Hall–Kier alpha value is -4.60. The first-order chi connectivity index (χ1) is 19.6. The Morgan fingerprint density at radius 3 is 1.32 bits per heavy atom. The lowest BCUT2D eigenvalue weighted by Crippen LogP contribution is -2.25. The summed E-state index contributed by atoms with van der Waals surface area (Å²) in [5.74, 6) is -11.5. The Morgan fingerprint density at radius 2 is 0.951 bits per heavy atom. The van der Waals surface area contributed by atoms with E-state index in [4.69, 9.17) is 9.47 Å². The maximum Gasteiger partial charge on any atom is 0.343 e. The SMILES string of the molecule is O=C(Oc1cccc2c1C1(CC2)CCc2cccc(OC(=O)c3cc(F)c(F)c(F)c3)c21)c1cc(F)c(F)c(F)c1. The number of aryl methyl sites for hydroxylation is 2. The predicted molar refractivity (Wildman–Crippen MR) is 133 cm³/mol. The smallest absolute Gasteiger partial charge is 0.343 e. The number of esters is 2. The summed E-state index contributed by atoms with van der Waals surface area (Å²) in [6, 6.07) is 12.2. The van der Waals surface area contributed by atoms with Crippen molar-refractivity contribution >= 4 is 11.9 Å². The number of hydrogen-bond acceptors (Lipinski definition) is 4. The largest absolute Gasteiger partial charge is 0.423 e. The van der Waals surface area contributed by atoms with Gasteiger partial charge in [0.1, 0.15) is 11.5 Å². The molecule has 2 aliphatic rings. The van der Waals surface area contributed by atoms with Gasteiger partial charge < -0.3 is 9.47 Å². The highest BCUT2D eigenvalue weighted by Gasteiger charge is 2.49. The summed E-state index contributed by atoms with van der Waals surface area (Å²) in [4.78, 5) is 25.8. The van der Waals surface area contributed by atoms with Gasteiger partial charge in [0, 0.05) is 16.5 Å². The highest BCUT2D eigenvalue weighted by atomic mass is 19.2. The Kier molecular flexibility index (Phi) is 6.36. The van der Waals surface area contributed by atoms with Crippen molar-refractivity contribution in [3.8, 4) is 11.5 Å². The van der Waals surface area contributed by atoms with Crippen molar-refractivity contribution in [2.75, 3.05) is 0 Å². The number of carbonyl (C=O) groups is 2. The van der Waals surface area contributed by atoms with Crippen molar-refractivity contribution in [1.82, 2.24) is 0 Å². The molecule has 6 rings (SSSR count). The molecule has 0 radical (unpaired) electrons. The van der Waals surface area contributed by atoms with Gasteiger partial charge in [-0.3, -0.25) is 0 Å². The van der Waals surface area contributed by atoms with E-state index in [0.717, 1.165) is 11.1 Å². The lowest BCUT2D eigenvalue weighted by atomic mass is 9.76. The molecule has 4 aromatic rings. The number of ether oxygens (including phenoxy) is 2. The van der Waals surface area contributed by atoms with Crippen LogP contribution in [-0.4, -0.2) is 11.9 Å². The molecular weight excluding hydrogens is 550 g/mol. The zero-order chi connectivity index (χ0) is 29.1. The van der Waals surface area contributed by atoms with E-state index in [1.54, 1.807) is 12.1 Å². The quantitative estimate of drug-likeness (QED) is 0.114. The summed E-state index contributed by atoms with van der Waals surface area (Å²) >= 11 is 0. The second kappa shape index (κ2) is 9.79. The molecule has 1 spiro atoms. The van der Waals surface area contributed by atoms with Crippen LogP contribution in [0.25, 0.3) is 0 Å². The first-order valence-electron chi connectivity index (χ1n) is 12.6. The van der Waals surface area contributed by atoms with Gasteiger partial charge in [0.25, 0.3) is 0 Å². The molecule has 0 amide bonds. The van der Waals surface area contributed by atoms with Crippen LogP contribution >= 0.6 is 0 Å². The van der Waals surface area contributed by atoms with Gasteiger partial charge in [0.05, 0.1) is 11.1 Å². The van der Waals surface area contributed by atoms with E-state index in [0.29, 0.717) is 61.1 Å². The molecule has 208 valence electrons. The van der Waals surface area contributed by atoms with Crippen molar-refractivity contribution in [2.24, 2.45) is 0 Å². The number of rotatable bonds is 4. The third-order valence-corrected chi connectivity index (χ3v) is 7.67. The van der Waals surface area contributed by atoms with Gasteiger partial charge in [0.2, 0.25) is 0 Å². The van der Waals surface area contributed by atoms with E-state index < -0.39 is 63.4 Å². The fraction of sp³-hybridized carbons (Fsp3) is 0.161. The molecule has 0 fully saturated rings. The summed E-state index contributed by atoms with van der Waals surface area (Å²) in [6.45, 7) is 0. The molecule has 4 aromatic carbocycles. The topological polar surface area (TPSA) is 52.6 Å². The number of hydrogen-bond donors (Lipinski definition) is 0. The normalized spacial score (nSPS) is 14.6. The van der Waals surface area contributed by atoms with Crippen molar-refractivity contribution in [2.45, 2.75) is 31.1 Å². The minimum Gasteiger partial charge on any atom is -0.423 e.